The topological polar surface area (TPSA) is 141 Å². The molecule has 10 heteroatoms. The number of carbonyl (C=O) groups excluding carboxylic acids is 1. The maximum Gasteiger partial charge on any atom is 0.335 e. The number of aromatic carboxylic acids is 2. The minimum atomic E-state index is -1.34. The van der Waals surface area contributed by atoms with Gasteiger partial charge in [0.15, 0.2) is 0 Å². The van der Waals surface area contributed by atoms with Gasteiger partial charge in [0, 0.05) is 17.3 Å². The number of H-pyrrole nitrogens is 1. The molecule has 1 aromatic heterocycles. The van der Waals surface area contributed by atoms with Gasteiger partial charge in [0.2, 0.25) is 0 Å². The van der Waals surface area contributed by atoms with Crippen molar-refractivity contribution in [2.45, 2.75) is 6.54 Å². The van der Waals surface area contributed by atoms with Crippen LogP contribution in [0.3, 0.4) is 0 Å². The summed E-state index contributed by atoms with van der Waals surface area (Å²) in [5.74, 6) is -3.47. The van der Waals surface area contributed by atoms with Gasteiger partial charge in [-0.25, -0.2) is 19.1 Å². The third-order valence-electron chi connectivity index (χ3n) is 4.14. The summed E-state index contributed by atoms with van der Waals surface area (Å²) in [6, 6.07) is 13.4. The zero-order valence-electron chi connectivity index (χ0n) is 15.2. The van der Waals surface area contributed by atoms with Gasteiger partial charge in [-0.2, -0.15) is 5.10 Å². The second-order valence-electron chi connectivity index (χ2n) is 6.22. The van der Waals surface area contributed by atoms with Gasteiger partial charge < -0.3 is 10.2 Å². The molecule has 0 spiro atoms. The Balaban J connectivity index is 1.99. The van der Waals surface area contributed by atoms with E-state index >= 15 is 0 Å². The Kier molecular flexibility index (Phi) is 5.93. The lowest BCUT2D eigenvalue weighted by Gasteiger charge is -2.14. The molecule has 152 valence electrons. The fourth-order valence-corrected chi connectivity index (χ4v) is 2.91. The molecule has 0 aliphatic carbocycles. The second kappa shape index (κ2) is 8.58. The van der Waals surface area contributed by atoms with E-state index in [-0.39, 0.29) is 34.5 Å². The van der Waals surface area contributed by atoms with Crippen LogP contribution in [-0.4, -0.2) is 42.7 Å². The summed E-state index contributed by atoms with van der Waals surface area (Å²) in [5.41, 5.74) is -0.844. The number of carboxylic acids is 2. The first-order chi connectivity index (χ1) is 14.3. The van der Waals surface area contributed by atoms with E-state index in [0.29, 0.717) is 0 Å². The van der Waals surface area contributed by atoms with E-state index in [4.69, 9.17) is 11.8 Å². The summed E-state index contributed by atoms with van der Waals surface area (Å²) in [4.78, 5) is 47.4. The molecule has 1 heterocycles. The Morgan fingerprint density at radius 2 is 1.57 bits per heavy atom. The average molecular weight is 428 g/mol. The molecular formula is C20H14ClN3O6. The Labute approximate surface area is 174 Å². The molecule has 0 aliphatic rings. The van der Waals surface area contributed by atoms with E-state index < -0.39 is 23.4 Å². The number of benzene rings is 2. The zero-order chi connectivity index (χ0) is 21.8. The first-order valence-corrected chi connectivity index (χ1v) is 8.83. The Morgan fingerprint density at radius 3 is 2.13 bits per heavy atom. The number of hydrogen-bond acceptors (Lipinski definition) is 5. The first kappa shape index (κ1) is 20.7. The number of halogens is 1. The van der Waals surface area contributed by atoms with E-state index in [2.05, 4.69) is 10.2 Å². The van der Waals surface area contributed by atoms with Gasteiger partial charge in [-0.1, -0.05) is 30.3 Å². The second-order valence-corrected chi connectivity index (χ2v) is 6.62. The van der Waals surface area contributed by atoms with E-state index in [9.17, 15) is 29.4 Å². The standard InChI is InChI=1S/C20H14ClN3O6/c21-24(10-11-4-2-1-3-5-11)18(26)15-9-16(22-23-17(15)25)12-6-13(19(27)28)8-14(7-12)20(29)30/h1-9H,10H2,(H,23,25)(H,27,28)(H,29,30). The third kappa shape index (κ3) is 4.53. The van der Waals surface area contributed by atoms with E-state index in [0.717, 1.165) is 22.1 Å². The Bertz CT molecular complexity index is 1160. The summed E-state index contributed by atoms with van der Waals surface area (Å²) in [6.07, 6.45) is 0. The van der Waals surface area contributed by atoms with Gasteiger partial charge in [0.25, 0.3) is 11.5 Å². The fourth-order valence-electron chi connectivity index (χ4n) is 2.68. The fraction of sp³-hybridized carbons (Fsp3) is 0.0500. The van der Waals surface area contributed by atoms with Crippen molar-refractivity contribution in [3.8, 4) is 11.3 Å². The molecule has 0 fully saturated rings. The summed E-state index contributed by atoms with van der Waals surface area (Å²) in [7, 11) is 0. The van der Waals surface area contributed by atoms with Gasteiger partial charge >= 0.3 is 11.9 Å². The van der Waals surface area contributed by atoms with Crippen LogP contribution in [0, 0.1) is 0 Å². The van der Waals surface area contributed by atoms with Gasteiger partial charge in [-0.15, -0.1) is 0 Å². The minimum absolute atomic E-state index is 0.00771. The molecule has 0 aliphatic heterocycles. The van der Waals surface area contributed by atoms with E-state index in [1.165, 1.54) is 12.1 Å². The molecular weight excluding hydrogens is 414 g/mol. The molecule has 0 radical (unpaired) electrons. The molecule has 30 heavy (non-hydrogen) atoms. The number of nitrogens with zero attached hydrogens (tertiary/aromatic N) is 2. The van der Waals surface area contributed by atoms with Gasteiger partial charge in [-0.05, 0) is 29.8 Å². The number of hydrogen-bond donors (Lipinski definition) is 3. The molecule has 3 rings (SSSR count). The van der Waals surface area contributed by atoms with Crippen molar-refractivity contribution in [3.05, 3.63) is 87.2 Å². The molecule has 2 aromatic carbocycles. The lowest BCUT2D eigenvalue weighted by Crippen LogP contribution is -2.28. The van der Waals surface area contributed by atoms with Gasteiger partial charge in [0.1, 0.15) is 5.56 Å². The highest BCUT2D eigenvalue weighted by Crippen LogP contribution is 2.22. The van der Waals surface area contributed by atoms with Crippen LogP contribution in [0.2, 0.25) is 0 Å². The van der Waals surface area contributed by atoms with Crippen LogP contribution in [-0.2, 0) is 6.54 Å². The van der Waals surface area contributed by atoms with Gasteiger partial charge in [0.05, 0.1) is 23.4 Å². The SMILES string of the molecule is O=C(O)c1cc(C(=O)O)cc(-c2cc(C(=O)N(Cl)Cc3ccccc3)c(=O)[nH]n2)c1. The Morgan fingerprint density at radius 1 is 0.967 bits per heavy atom. The van der Waals surface area contributed by atoms with Crippen molar-refractivity contribution in [1.82, 2.24) is 14.6 Å². The van der Waals surface area contributed by atoms with Crippen molar-refractivity contribution < 1.29 is 24.6 Å². The predicted molar refractivity (Wildman–Crippen MR) is 106 cm³/mol. The Hall–Kier alpha value is -3.98. The maximum absolute atomic E-state index is 12.7. The highest BCUT2D eigenvalue weighted by Gasteiger charge is 2.20. The summed E-state index contributed by atoms with van der Waals surface area (Å²) in [6.45, 7) is 0.0377. The average Bonchev–Trinajstić information content (AvgIpc) is 2.73. The quantitative estimate of drug-likeness (QED) is 0.513. The minimum Gasteiger partial charge on any atom is -0.478 e. The monoisotopic (exact) mass is 427 g/mol. The molecule has 0 saturated heterocycles. The molecule has 1 amide bonds. The van der Waals surface area contributed by atoms with Gasteiger partial charge in [-0.3, -0.25) is 9.59 Å². The van der Waals surface area contributed by atoms with Crippen molar-refractivity contribution in [3.63, 3.8) is 0 Å². The van der Waals surface area contributed by atoms with Crippen LogP contribution in [0.15, 0.2) is 59.4 Å². The van der Waals surface area contributed by atoms with Crippen molar-refractivity contribution in [2.24, 2.45) is 0 Å². The number of aromatic nitrogens is 2. The summed E-state index contributed by atoms with van der Waals surface area (Å²) in [5, 5.41) is 24.4. The highest BCUT2D eigenvalue weighted by atomic mass is 35.5. The number of carboxylic acid groups (broad SMARTS) is 2. The van der Waals surface area contributed by atoms with E-state index in [1.54, 1.807) is 30.3 Å². The molecule has 0 unspecified atom stereocenters. The number of amides is 1. The molecule has 0 atom stereocenters. The maximum atomic E-state index is 12.7. The third-order valence-corrected chi connectivity index (χ3v) is 4.41. The summed E-state index contributed by atoms with van der Waals surface area (Å²) < 4.78 is 0.833. The number of nitrogens with one attached hydrogen (secondary N) is 1. The van der Waals surface area contributed by atoms with Crippen LogP contribution < -0.4 is 5.56 Å². The predicted octanol–water partition coefficient (Wildman–Crippen LogP) is 2.63. The van der Waals surface area contributed by atoms with Crippen LogP contribution in [0.4, 0.5) is 0 Å². The number of carbonyl (C=O) groups is 3. The van der Waals surface area contributed by atoms with Crippen molar-refractivity contribution >= 4 is 29.6 Å². The number of aromatic amines is 1. The van der Waals surface area contributed by atoms with Crippen LogP contribution in [0.5, 0.6) is 0 Å². The van der Waals surface area contributed by atoms with Crippen molar-refractivity contribution in [2.75, 3.05) is 0 Å². The largest absolute Gasteiger partial charge is 0.478 e. The van der Waals surface area contributed by atoms with E-state index in [1.807, 2.05) is 0 Å². The summed E-state index contributed by atoms with van der Waals surface area (Å²) >= 11 is 6.06. The van der Waals surface area contributed by atoms with Crippen LogP contribution in [0.25, 0.3) is 11.3 Å². The lowest BCUT2D eigenvalue weighted by atomic mass is 10.0. The normalized spacial score (nSPS) is 10.4. The molecule has 0 bridgehead atoms. The molecule has 0 saturated carbocycles. The van der Waals surface area contributed by atoms with Crippen molar-refractivity contribution in [1.29, 1.82) is 0 Å². The number of rotatable bonds is 6. The van der Waals surface area contributed by atoms with Crippen LogP contribution >= 0.6 is 11.8 Å². The molecule has 3 N–H and O–H groups in total. The molecule has 9 nitrogen and oxygen atoms in total. The van der Waals surface area contributed by atoms with Crippen LogP contribution in [0.1, 0.15) is 36.6 Å². The molecule has 3 aromatic rings. The smallest absolute Gasteiger partial charge is 0.335 e. The lowest BCUT2D eigenvalue weighted by molar-refractivity contribution is 0.0696. The highest BCUT2D eigenvalue weighted by molar-refractivity contribution is 6.24. The first-order valence-electron chi connectivity index (χ1n) is 8.49. The zero-order valence-corrected chi connectivity index (χ0v) is 16.0.